The SMILES string of the molecule is CCC1CCC(C#N)(C2(O)CCC(C(F)(F)F)CC2)CC1. The number of rotatable bonds is 2. The zero-order chi connectivity index (χ0) is 15.7. The molecular weight excluding hydrogens is 279 g/mol. The number of nitriles is 1. The fourth-order valence-corrected chi connectivity index (χ4v) is 4.16. The van der Waals surface area contributed by atoms with Crippen molar-refractivity contribution in [3.8, 4) is 6.07 Å². The van der Waals surface area contributed by atoms with Crippen LogP contribution in [0.1, 0.15) is 64.7 Å². The van der Waals surface area contributed by atoms with Crippen molar-refractivity contribution in [2.75, 3.05) is 0 Å². The summed E-state index contributed by atoms with van der Waals surface area (Å²) in [5, 5.41) is 20.5. The summed E-state index contributed by atoms with van der Waals surface area (Å²) < 4.78 is 38.3. The molecule has 21 heavy (non-hydrogen) atoms. The van der Waals surface area contributed by atoms with Gasteiger partial charge in [0.25, 0.3) is 0 Å². The topological polar surface area (TPSA) is 44.0 Å². The molecule has 2 saturated carbocycles. The summed E-state index contributed by atoms with van der Waals surface area (Å²) >= 11 is 0. The lowest BCUT2D eigenvalue weighted by atomic mass is 9.57. The van der Waals surface area contributed by atoms with Crippen LogP contribution in [-0.2, 0) is 0 Å². The molecule has 2 aliphatic carbocycles. The number of nitrogens with zero attached hydrogens (tertiary/aromatic N) is 1. The van der Waals surface area contributed by atoms with Crippen LogP contribution < -0.4 is 0 Å². The minimum Gasteiger partial charge on any atom is -0.388 e. The Labute approximate surface area is 124 Å². The van der Waals surface area contributed by atoms with E-state index in [-0.39, 0.29) is 25.7 Å². The van der Waals surface area contributed by atoms with E-state index in [1.54, 1.807) is 0 Å². The van der Waals surface area contributed by atoms with Gasteiger partial charge in [-0.15, -0.1) is 0 Å². The van der Waals surface area contributed by atoms with E-state index in [4.69, 9.17) is 0 Å². The van der Waals surface area contributed by atoms with Gasteiger partial charge in [-0.05, 0) is 57.3 Å². The Morgan fingerprint density at radius 2 is 1.62 bits per heavy atom. The highest BCUT2D eigenvalue weighted by atomic mass is 19.4. The molecule has 0 saturated heterocycles. The molecule has 0 amide bonds. The molecule has 0 bridgehead atoms. The van der Waals surface area contributed by atoms with Crippen molar-refractivity contribution in [2.24, 2.45) is 17.3 Å². The normalized spacial score (nSPS) is 41.5. The molecule has 5 heteroatoms. The van der Waals surface area contributed by atoms with E-state index in [9.17, 15) is 23.5 Å². The summed E-state index contributed by atoms with van der Waals surface area (Å²) in [4.78, 5) is 0. The molecule has 0 radical (unpaired) electrons. The van der Waals surface area contributed by atoms with Crippen molar-refractivity contribution in [3.63, 3.8) is 0 Å². The second-order valence-corrected chi connectivity index (χ2v) is 6.89. The zero-order valence-electron chi connectivity index (χ0n) is 12.5. The lowest BCUT2D eigenvalue weighted by Crippen LogP contribution is -2.52. The van der Waals surface area contributed by atoms with Crippen molar-refractivity contribution >= 4 is 0 Å². The summed E-state index contributed by atoms with van der Waals surface area (Å²) in [5.41, 5.74) is -2.07. The van der Waals surface area contributed by atoms with Crippen molar-refractivity contribution in [1.82, 2.24) is 0 Å². The summed E-state index contributed by atoms with van der Waals surface area (Å²) in [6.45, 7) is 2.12. The fourth-order valence-electron chi connectivity index (χ4n) is 4.16. The quantitative estimate of drug-likeness (QED) is 0.811. The van der Waals surface area contributed by atoms with Crippen LogP contribution in [0.2, 0.25) is 0 Å². The molecule has 1 N–H and O–H groups in total. The Kier molecular flexibility index (Phi) is 4.58. The molecule has 2 aliphatic rings. The van der Waals surface area contributed by atoms with Crippen molar-refractivity contribution in [1.29, 1.82) is 5.26 Å². The number of halogens is 3. The van der Waals surface area contributed by atoms with Gasteiger partial charge in [-0.3, -0.25) is 0 Å². The molecule has 0 aromatic rings. The average Bonchev–Trinajstić information content (AvgIpc) is 2.46. The van der Waals surface area contributed by atoms with Gasteiger partial charge in [0.15, 0.2) is 0 Å². The maximum Gasteiger partial charge on any atom is 0.391 e. The first-order valence-corrected chi connectivity index (χ1v) is 7.97. The van der Waals surface area contributed by atoms with Gasteiger partial charge < -0.3 is 5.11 Å². The third kappa shape index (κ3) is 3.06. The van der Waals surface area contributed by atoms with Gasteiger partial charge in [0.05, 0.1) is 23.0 Å². The van der Waals surface area contributed by atoms with Crippen LogP contribution in [-0.4, -0.2) is 16.9 Å². The average molecular weight is 303 g/mol. The first kappa shape index (κ1) is 16.6. The van der Waals surface area contributed by atoms with E-state index >= 15 is 0 Å². The Balaban J connectivity index is 2.08. The van der Waals surface area contributed by atoms with E-state index < -0.39 is 23.1 Å². The van der Waals surface area contributed by atoms with Crippen LogP contribution >= 0.6 is 0 Å². The Hall–Kier alpha value is -0.760. The van der Waals surface area contributed by atoms with Crippen LogP contribution in [0.3, 0.4) is 0 Å². The van der Waals surface area contributed by atoms with Crippen molar-refractivity contribution in [2.45, 2.75) is 76.5 Å². The highest BCUT2D eigenvalue weighted by molar-refractivity contribution is 5.14. The highest BCUT2D eigenvalue weighted by Gasteiger charge is 2.55. The van der Waals surface area contributed by atoms with Crippen LogP contribution in [0.25, 0.3) is 0 Å². The van der Waals surface area contributed by atoms with E-state index in [2.05, 4.69) is 13.0 Å². The first-order chi connectivity index (χ1) is 9.76. The molecule has 0 spiro atoms. The predicted molar refractivity (Wildman–Crippen MR) is 73.3 cm³/mol. The fraction of sp³-hybridized carbons (Fsp3) is 0.938. The van der Waals surface area contributed by atoms with Gasteiger partial charge >= 0.3 is 6.18 Å². The lowest BCUT2D eigenvalue weighted by molar-refractivity contribution is -0.202. The third-order valence-corrected chi connectivity index (χ3v) is 5.92. The van der Waals surface area contributed by atoms with Crippen LogP contribution in [0.4, 0.5) is 13.2 Å². The molecule has 120 valence electrons. The number of hydrogen-bond acceptors (Lipinski definition) is 2. The van der Waals surface area contributed by atoms with Gasteiger partial charge in [0, 0.05) is 0 Å². The maximum absolute atomic E-state index is 12.8. The molecular formula is C16H24F3NO. The Bertz CT molecular complexity index is 397. The zero-order valence-corrected chi connectivity index (χ0v) is 12.5. The summed E-state index contributed by atoms with van der Waals surface area (Å²) in [5.74, 6) is -0.734. The maximum atomic E-state index is 12.8. The van der Waals surface area contributed by atoms with E-state index in [0.29, 0.717) is 18.8 Å². The number of aliphatic hydroxyl groups is 1. The second kappa shape index (κ2) is 5.79. The Morgan fingerprint density at radius 1 is 1.10 bits per heavy atom. The monoisotopic (exact) mass is 303 g/mol. The van der Waals surface area contributed by atoms with Crippen molar-refractivity contribution in [3.05, 3.63) is 0 Å². The minimum absolute atomic E-state index is 0.0549. The predicted octanol–water partition coefficient (Wildman–Crippen LogP) is 4.58. The third-order valence-electron chi connectivity index (χ3n) is 5.92. The van der Waals surface area contributed by atoms with Crippen LogP contribution in [0, 0.1) is 28.6 Å². The number of hydrogen-bond donors (Lipinski definition) is 1. The van der Waals surface area contributed by atoms with E-state index in [0.717, 1.165) is 19.3 Å². The van der Waals surface area contributed by atoms with Gasteiger partial charge in [-0.2, -0.15) is 18.4 Å². The highest BCUT2D eigenvalue weighted by Crippen LogP contribution is 2.54. The molecule has 2 rings (SSSR count). The summed E-state index contributed by atoms with van der Waals surface area (Å²) in [6, 6.07) is 2.29. The number of alkyl halides is 3. The van der Waals surface area contributed by atoms with Crippen LogP contribution in [0.5, 0.6) is 0 Å². The molecule has 0 aliphatic heterocycles. The van der Waals surface area contributed by atoms with Gasteiger partial charge in [-0.25, -0.2) is 0 Å². The lowest BCUT2D eigenvalue weighted by Gasteiger charge is -2.49. The second-order valence-electron chi connectivity index (χ2n) is 6.89. The molecule has 0 heterocycles. The molecule has 0 aromatic heterocycles. The van der Waals surface area contributed by atoms with E-state index in [1.165, 1.54) is 0 Å². The molecule has 0 atom stereocenters. The molecule has 0 unspecified atom stereocenters. The molecule has 2 fully saturated rings. The van der Waals surface area contributed by atoms with Crippen LogP contribution in [0.15, 0.2) is 0 Å². The molecule has 0 aromatic carbocycles. The van der Waals surface area contributed by atoms with E-state index in [1.807, 2.05) is 0 Å². The Morgan fingerprint density at radius 3 is 2.00 bits per heavy atom. The standard InChI is InChI=1S/C16H24F3NO/c1-2-12-3-7-14(11-20,8-4-12)15(21)9-5-13(6-10-15)16(17,18)19/h12-13,21H,2-10H2,1H3. The largest absolute Gasteiger partial charge is 0.391 e. The first-order valence-electron chi connectivity index (χ1n) is 7.97. The molecule has 2 nitrogen and oxygen atoms in total. The van der Waals surface area contributed by atoms with Gasteiger partial charge in [0.1, 0.15) is 0 Å². The summed E-state index contributed by atoms with van der Waals surface area (Å²) in [6.07, 6.45) is 0.00986. The van der Waals surface area contributed by atoms with Gasteiger partial charge in [0.2, 0.25) is 0 Å². The summed E-state index contributed by atoms with van der Waals surface area (Å²) in [7, 11) is 0. The minimum atomic E-state index is -4.18. The van der Waals surface area contributed by atoms with Crippen molar-refractivity contribution < 1.29 is 18.3 Å². The smallest absolute Gasteiger partial charge is 0.388 e. The van der Waals surface area contributed by atoms with Gasteiger partial charge in [-0.1, -0.05) is 13.3 Å².